The van der Waals surface area contributed by atoms with E-state index in [0.717, 1.165) is 23.1 Å². The maximum atomic E-state index is 13.2. The van der Waals surface area contributed by atoms with Gasteiger partial charge in [0.05, 0.1) is 0 Å². The molecule has 0 saturated carbocycles. The number of hydrazine groups is 1. The van der Waals surface area contributed by atoms with Gasteiger partial charge in [0.25, 0.3) is 11.8 Å². The van der Waals surface area contributed by atoms with Gasteiger partial charge in [0.2, 0.25) is 0 Å². The number of benzene rings is 2. The van der Waals surface area contributed by atoms with Crippen LogP contribution in [0.5, 0.6) is 5.75 Å². The molecule has 1 aliphatic heterocycles. The highest BCUT2D eigenvalue weighted by atomic mass is 16.5. The number of rotatable bonds is 4. The lowest BCUT2D eigenvalue weighted by Crippen LogP contribution is -2.59. The summed E-state index contributed by atoms with van der Waals surface area (Å²) in [4.78, 5) is 27.8. The number of nitrogens with one attached hydrogen (secondary N) is 2. The number of fused-ring (bicyclic) bond motifs is 1. The van der Waals surface area contributed by atoms with Crippen molar-refractivity contribution < 1.29 is 19.3 Å². The molecule has 0 aliphatic carbocycles. The Balaban J connectivity index is 1.86. The highest BCUT2D eigenvalue weighted by Gasteiger charge is 2.43. The van der Waals surface area contributed by atoms with Crippen molar-refractivity contribution in [2.45, 2.75) is 67.0 Å². The van der Waals surface area contributed by atoms with Gasteiger partial charge in [0.1, 0.15) is 5.75 Å². The average Bonchev–Trinajstić information content (AvgIpc) is 2.89. The SMILES string of the molecule is CCC(N1CC(C(=O)NNC(=O)c2cc(C)cc(C)c2)Oc2c(C)cccc2B1O)C(C)(C)C. The Kier molecular flexibility index (Phi) is 7.73. The maximum absolute atomic E-state index is 13.2. The van der Waals surface area contributed by atoms with Crippen molar-refractivity contribution in [3.05, 3.63) is 58.7 Å². The monoisotopic (exact) mass is 465 g/mol. The van der Waals surface area contributed by atoms with E-state index in [0.29, 0.717) is 16.8 Å². The fourth-order valence-electron chi connectivity index (χ4n) is 4.84. The molecule has 0 fully saturated rings. The van der Waals surface area contributed by atoms with Crippen LogP contribution in [0, 0.1) is 26.2 Å². The van der Waals surface area contributed by atoms with Gasteiger partial charge in [0, 0.05) is 23.6 Å². The standard InChI is InChI=1S/C26H36BN3O4/c1-8-22(26(5,6)7)30-15-21(34-23-18(4)10-9-11-20(23)27(30)33)25(32)29-28-24(31)19-13-16(2)12-17(3)14-19/h9-14,21-22,33H,8,15H2,1-7H3,(H,28,31)(H,29,32). The van der Waals surface area contributed by atoms with Crippen LogP contribution < -0.4 is 21.1 Å². The molecule has 0 radical (unpaired) electrons. The van der Waals surface area contributed by atoms with E-state index < -0.39 is 25.0 Å². The summed E-state index contributed by atoms with van der Waals surface area (Å²) in [7, 11) is -0.915. The van der Waals surface area contributed by atoms with Gasteiger partial charge in [-0.15, -0.1) is 0 Å². The molecule has 2 aromatic carbocycles. The normalized spacial score (nSPS) is 17.3. The zero-order valence-corrected chi connectivity index (χ0v) is 21.2. The Bertz CT molecular complexity index is 1050. The van der Waals surface area contributed by atoms with Gasteiger partial charge >= 0.3 is 7.05 Å². The number of aryl methyl sites for hydroxylation is 3. The van der Waals surface area contributed by atoms with Crippen molar-refractivity contribution in [1.82, 2.24) is 15.7 Å². The number of ether oxygens (including phenoxy) is 1. The zero-order valence-electron chi connectivity index (χ0n) is 21.2. The lowest BCUT2D eigenvalue weighted by molar-refractivity contribution is -0.129. The van der Waals surface area contributed by atoms with Crippen LogP contribution in [-0.2, 0) is 4.79 Å². The van der Waals surface area contributed by atoms with Gasteiger partial charge in [-0.2, -0.15) is 0 Å². The smallest absolute Gasteiger partial charge is 0.420 e. The topological polar surface area (TPSA) is 90.9 Å². The van der Waals surface area contributed by atoms with Gasteiger partial charge < -0.3 is 14.6 Å². The molecule has 3 N–H and O–H groups in total. The van der Waals surface area contributed by atoms with Gasteiger partial charge in [-0.25, -0.2) is 0 Å². The quantitative estimate of drug-likeness (QED) is 0.477. The van der Waals surface area contributed by atoms with Crippen molar-refractivity contribution in [2.75, 3.05) is 6.54 Å². The van der Waals surface area contributed by atoms with E-state index >= 15 is 0 Å². The first-order chi connectivity index (χ1) is 15.9. The predicted octanol–water partition coefficient (Wildman–Crippen LogP) is 2.65. The Morgan fingerprint density at radius 1 is 1.15 bits per heavy atom. The van der Waals surface area contributed by atoms with Crippen LogP contribution in [-0.4, -0.2) is 47.4 Å². The van der Waals surface area contributed by atoms with Gasteiger partial charge in [0.15, 0.2) is 6.10 Å². The first-order valence-electron chi connectivity index (χ1n) is 11.8. The Morgan fingerprint density at radius 2 is 1.79 bits per heavy atom. The summed E-state index contributed by atoms with van der Waals surface area (Å²) in [6, 6.07) is 11.1. The summed E-state index contributed by atoms with van der Waals surface area (Å²) in [6.45, 7) is 14.3. The minimum absolute atomic E-state index is 0.00211. The molecule has 7 nitrogen and oxygen atoms in total. The molecule has 1 heterocycles. The predicted molar refractivity (Wildman–Crippen MR) is 135 cm³/mol. The van der Waals surface area contributed by atoms with Crippen LogP contribution in [0.3, 0.4) is 0 Å². The fraction of sp³-hybridized carbons (Fsp3) is 0.462. The second kappa shape index (κ2) is 10.2. The third kappa shape index (κ3) is 5.62. The van der Waals surface area contributed by atoms with Gasteiger partial charge in [-0.3, -0.25) is 20.4 Å². The number of carbonyl (C=O) groups is 2. The molecule has 0 saturated heterocycles. The molecule has 8 heteroatoms. The van der Waals surface area contributed by atoms with E-state index in [1.807, 2.05) is 49.8 Å². The van der Waals surface area contributed by atoms with Crippen LogP contribution in [0.2, 0.25) is 0 Å². The molecule has 3 rings (SSSR count). The van der Waals surface area contributed by atoms with Crippen molar-refractivity contribution in [1.29, 1.82) is 0 Å². The number of amides is 2. The summed E-state index contributed by atoms with van der Waals surface area (Å²) in [5, 5.41) is 11.4. The molecule has 0 bridgehead atoms. The number of hydrogen-bond donors (Lipinski definition) is 3. The van der Waals surface area contributed by atoms with E-state index in [2.05, 4.69) is 38.5 Å². The molecule has 2 unspecified atom stereocenters. The lowest BCUT2D eigenvalue weighted by Gasteiger charge is -2.41. The van der Waals surface area contributed by atoms with Crippen LogP contribution in [0.15, 0.2) is 36.4 Å². The van der Waals surface area contributed by atoms with Crippen molar-refractivity contribution in [2.24, 2.45) is 5.41 Å². The van der Waals surface area contributed by atoms with Crippen molar-refractivity contribution >= 4 is 24.3 Å². The van der Waals surface area contributed by atoms with Crippen LogP contribution in [0.4, 0.5) is 0 Å². The minimum Gasteiger partial charge on any atom is -0.479 e. The average molecular weight is 465 g/mol. The molecule has 0 spiro atoms. The Labute approximate surface area is 203 Å². The van der Waals surface area contributed by atoms with Crippen LogP contribution >= 0.6 is 0 Å². The van der Waals surface area contributed by atoms with Crippen LogP contribution in [0.1, 0.15) is 61.2 Å². The van der Waals surface area contributed by atoms with E-state index in [-0.39, 0.29) is 18.0 Å². The largest absolute Gasteiger partial charge is 0.479 e. The summed E-state index contributed by atoms with van der Waals surface area (Å²) >= 11 is 0. The summed E-state index contributed by atoms with van der Waals surface area (Å²) in [6.07, 6.45) is -0.132. The molecule has 2 aromatic rings. The number of hydrogen-bond acceptors (Lipinski definition) is 5. The third-order valence-corrected chi connectivity index (χ3v) is 6.33. The summed E-state index contributed by atoms with van der Waals surface area (Å²) in [5.74, 6) is -0.375. The third-order valence-electron chi connectivity index (χ3n) is 6.33. The van der Waals surface area contributed by atoms with Gasteiger partial charge in [-0.1, -0.05) is 63.1 Å². The fourth-order valence-corrected chi connectivity index (χ4v) is 4.84. The first kappa shape index (κ1) is 25.8. The molecule has 0 aromatic heterocycles. The lowest BCUT2D eigenvalue weighted by atomic mass is 9.67. The Morgan fingerprint density at radius 3 is 2.38 bits per heavy atom. The number of nitrogens with zero attached hydrogens (tertiary/aromatic N) is 1. The molecule has 34 heavy (non-hydrogen) atoms. The van der Waals surface area contributed by atoms with E-state index in [4.69, 9.17) is 4.74 Å². The molecule has 182 valence electrons. The molecular formula is C26H36BN3O4. The maximum Gasteiger partial charge on any atom is 0.420 e. The molecule has 1 aliphatic rings. The summed E-state index contributed by atoms with van der Waals surface area (Å²) < 4.78 is 6.17. The van der Waals surface area contributed by atoms with E-state index in [9.17, 15) is 14.6 Å². The number of carbonyl (C=O) groups excluding carboxylic acids is 2. The molecule has 2 atom stereocenters. The Hall–Kier alpha value is -2.84. The second-order valence-electron chi connectivity index (χ2n) is 10.3. The van der Waals surface area contributed by atoms with Crippen LogP contribution in [0.25, 0.3) is 0 Å². The molecular weight excluding hydrogens is 429 g/mol. The highest BCUT2D eigenvalue weighted by molar-refractivity contribution is 6.64. The number of para-hydroxylation sites is 1. The zero-order chi connectivity index (χ0) is 25.2. The minimum atomic E-state index is -0.923. The van der Waals surface area contributed by atoms with E-state index in [1.54, 1.807) is 12.1 Å². The highest BCUT2D eigenvalue weighted by Crippen LogP contribution is 2.30. The summed E-state index contributed by atoms with van der Waals surface area (Å²) in [5.41, 5.74) is 8.77. The van der Waals surface area contributed by atoms with Crippen molar-refractivity contribution in [3.63, 3.8) is 0 Å². The second-order valence-corrected chi connectivity index (χ2v) is 10.3. The first-order valence-corrected chi connectivity index (χ1v) is 11.8. The van der Waals surface area contributed by atoms with Gasteiger partial charge in [-0.05, 0) is 50.3 Å². The molecule has 2 amide bonds. The van der Waals surface area contributed by atoms with E-state index in [1.165, 1.54) is 0 Å². The van der Waals surface area contributed by atoms with Crippen molar-refractivity contribution in [3.8, 4) is 5.75 Å².